The Hall–Kier alpha value is -1.41. The predicted molar refractivity (Wildman–Crippen MR) is 71.2 cm³/mol. The van der Waals surface area contributed by atoms with E-state index in [4.69, 9.17) is 11.6 Å². The van der Waals surface area contributed by atoms with Crippen molar-refractivity contribution < 1.29 is 0 Å². The van der Waals surface area contributed by atoms with Gasteiger partial charge in [0.25, 0.3) is 0 Å². The van der Waals surface area contributed by atoms with Gasteiger partial charge in [-0.05, 0) is 35.6 Å². The number of halogens is 1. The van der Waals surface area contributed by atoms with Crippen LogP contribution in [0.4, 0.5) is 0 Å². The Balaban J connectivity index is 2.29. The van der Waals surface area contributed by atoms with Crippen LogP contribution in [0.2, 0.25) is 5.28 Å². The van der Waals surface area contributed by atoms with Crippen molar-refractivity contribution in [3.8, 4) is 11.3 Å². The summed E-state index contributed by atoms with van der Waals surface area (Å²) in [5.41, 5.74) is 3.29. The molecule has 1 unspecified atom stereocenters. The summed E-state index contributed by atoms with van der Waals surface area (Å²) in [6, 6.07) is 10.3. The smallest absolute Gasteiger partial charge is 0.222 e. The largest absolute Gasteiger partial charge is 0.226 e. The molecule has 0 aliphatic carbocycles. The number of benzene rings is 1. The maximum Gasteiger partial charge on any atom is 0.222 e. The van der Waals surface area contributed by atoms with Crippen molar-refractivity contribution in [2.45, 2.75) is 26.2 Å². The number of aromatic nitrogens is 2. The van der Waals surface area contributed by atoms with E-state index in [9.17, 15) is 0 Å². The summed E-state index contributed by atoms with van der Waals surface area (Å²) in [5, 5.41) is 0.286. The fraction of sp³-hybridized carbons (Fsp3) is 0.286. The summed E-state index contributed by atoms with van der Waals surface area (Å²) in [5.74, 6) is 0.595. The number of nitrogens with zero attached hydrogens (tertiary/aromatic N) is 2. The van der Waals surface area contributed by atoms with E-state index in [1.165, 1.54) is 5.56 Å². The van der Waals surface area contributed by atoms with Crippen molar-refractivity contribution in [2.24, 2.45) is 0 Å². The first kappa shape index (κ1) is 12.1. The maximum atomic E-state index is 5.78. The van der Waals surface area contributed by atoms with Crippen molar-refractivity contribution in [1.82, 2.24) is 9.97 Å². The third-order valence-electron chi connectivity index (χ3n) is 3.01. The molecule has 0 radical (unpaired) electrons. The highest BCUT2D eigenvalue weighted by Gasteiger charge is 2.04. The van der Waals surface area contributed by atoms with Gasteiger partial charge in [-0.2, -0.15) is 0 Å². The van der Waals surface area contributed by atoms with Crippen LogP contribution in [0.25, 0.3) is 11.3 Å². The molecule has 2 nitrogen and oxygen atoms in total. The van der Waals surface area contributed by atoms with Crippen LogP contribution in [0.3, 0.4) is 0 Å². The highest BCUT2D eigenvalue weighted by molar-refractivity contribution is 6.28. The van der Waals surface area contributed by atoms with Gasteiger partial charge in [0.15, 0.2) is 0 Å². The van der Waals surface area contributed by atoms with Crippen LogP contribution in [-0.4, -0.2) is 9.97 Å². The monoisotopic (exact) mass is 246 g/mol. The molecule has 0 fully saturated rings. The van der Waals surface area contributed by atoms with Gasteiger partial charge in [0.05, 0.1) is 5.69 Å². The lowest BCUT2D eigenvalue weighted by Gasteiger charge is -2.09. The van der Waals surface area contributed by atoms with Crippen LogP contribution in [0, 0.1) is 0 Å². The van der Waals surface area contributed by atoms with Gasteiger partial charge in [0.1, 0.15) is 0 Å². The minimum absolute atomic E-state index is 0.286. The zero-order chi connectivity index (χ0) is 12.3. The predicted octanol–water partition coefficient (Wildman–Crippen LogP) is 4.31. The Labute approximate surface area is 107 Å². The summed E-state index contributed by atoms with van der Waals surface area (Å²) >= 11 is 5.78. The van der Waals surface area contributed by atoms with Crippen LogP contribution in [0.15, 0.2) is 36.5 Å². The van der Waals surface area contributed by atoms with E-state index in [-0.39, 0.29) is 5.28 Å². The molecule has 0 spiro atoms. The summed E-state index contributed by atoms with van der Waals surface area (Å²) in [6.45, 7) is 4.43. The fourth-order valence-electron chi connectivity index (χ4n) is 1.71. The number of hydrogen-bond acceptors (Lipinski definition) is 2. The van der Waals surface area contributed by atoms with Crippen LogP contribution in [0.5, 0.6) is 0 Å². The normalized spacial score (nSPS) is 12.4. The molecule has 2 rings (SSSR count). The molecular weight excluding hydrogens is 232 g/mol. The fourth-order valence-corrected chi connectivity index (χ4v) is 1.86. The van der Waals surface area contributed by atoms with Crippen LogP contribution in [-0.2, 0) is 0 Å². The lowest BCUT2D eigenvalue weighted by Crippen LogP contribution is -1.91. The van der Waals surface area contributed by atoms with Crippen molar-refractivity contribution in [2.75, 3.05) is 0 Å². The van der Waals surface area contributed by atoms with Gasteiger partial charge in [-0.1, -0.05) is 38.1 Å². The summed E-state index contributed by atoms with van der Waals surface area (Å²) in [4.78, 5) is 8.07. The third-order valence-corrected chi connectivity index (χ3v) is 3.20. The first-order valence-corrected chi connectivity index (χ1v) is 6.17. The molecule has 3 heteroatoms. The highest BCUT2D eigenvalue weighted by Crippen LogP contribution is 2.23. The standard InChI is InChI=1S/C14H15ClN2/c1-3-10(2)11-4-6-12(7-5-11)13-8-9-16-14(15)17-13/h4-10H,3H2,1-2H3. The summed E-state index contributed by atoms with van der Waals surface area (Å²) in [6.07, 6.45) is 2.83. The molecule has 2 aromatic rings. The second kappa shape index (κ2) is 5.28. The summed E-state index contributed by atoms with van der Waals surface area (Å²) < 4.78 is 0. The molecule has 0 bridgehead atoms. The van der Waals surface area contributed by atoms with Crippen molar-refractivity contribution >= 4 is 11.6 Å². The molecule has 1 heterocycles. The zero-order valence-electron chi connectivity index (χ0n) is 10.0. The van der Waals surface area contributed by atoms with E-state index >= 15 is 0 Å². The van der Waals surface area contributed by atoms with Gasteiger partial charge < -0.3 is 0 Å². The minimum Gasteiger partial charge on any atom is -0.226 e. The van der Waals surface area contributed by atoms with E-state index in [1.807, 2.05) is 6.07 Å². The Kier molecular flexibility index (Phi) is 3.75. The molecule has 1 atom stereocenters. The van der Waals surface area contributed by atoms with Crippen LogP contribution < -0.4 is 0 Å². The highest BCUT2D eigenvalue weighted by atomic mass is 35.5. The van der Waals surface area contributed by atoms with Gasteiger partial charge >= 0.3 is 0 Å². The first-order valence-electron chi connectivity index (χ1n) is 5.79. The molecule has 0 saturated heterocycles. The van der Waals surface area contributed by atoms with E-state index in [0.717, 1.165) is 17.7 Å². The maximum absolute atomic E-state index is 5.78. The van der Waals surface area contributed by atoms with E-state index < -0.39 is 0 Å². The quantitative estimate of drug-likeness (QED) is 0.754. The molecular formula is C14H15ClN2. The zero-order valence-corrected chi connectivity index (χ0v) is 10.8. The van der Waals surface area contributed by atoms with Gasteiger partial charge in [-0.25, -0.2) is 9.97 Å². The third kappa shape index (κ3) is 2.83. The molecule has 0 saturated carbocycles. The van der Waals surface area contributed by atoms with Crippen LogP contribution >= 0.6 is 11.6 Å². The average molecular weight is 247 g/mol. The lowest BCUT2D eigenvalue weighted by atomic mass is 9.97. The van der Waals surface area contributed by atoms with Gasteiger partial charge in [-0.3, -0.25) is 0 Å². The number of hydrogen-bond donors (Lipinski definition) is 0. The van der Waals surface area contributed by atoms with Crippen molar-refractivity contribution in [1.29, 1.82) is 0 Å². The topological polar surface area (TPSA) is 25.8 Å². The number of rotatable bonds is 3. The average Bonchev–Trinajstić information content (AvgIpc) is 2.38. The molecule has 17 heavy (non-hydrogen) atoms. The van der Waals surface area contributed by atoms with E-state index in [1.54, 1.807) is 6.20 Å². The van der Waals surface area contributed by atoms with Crippen LogP contribution in [0.1, 0.15) is 31.7 Å². The summed E-state index contributed by atoms with van der Waals surface area (Å²) in [7, 11) is 0. The Morgan fingerprint density at radius 2 is 1.88 bits per heavy atom. The molecule has 0 amide bonds. The second-order valence-corrected chi connectivity index (χ2v) is 4.48. The van der Waals surface area contributed by atoms with Crippen molar-refractivity contribution in [3.63, 3.8) is 0 Å². The van der Waals surface area contributed by atoms with Gasteiger partial charge in [0.2, 0.25) is 5.28 Å². The van der Waals surface area contributed by atoms with Gasteiger partial charge in [-0.15, -0.1) is 0 Å². The molecule has 88 valence electrons. The SMILES string of the molecule is CCC(C)c1ccc(-c2ccnc(Cl)n2)cc1. The first-order chi connectivity index (χ1) is 8.20. The van der Waals surface area contributed by atoms with E-state index in [2.05, 4.69) is 48.1 Å². The Bertz CT molecular complexity index is 494. The minimum atomic E-state index is 0.286. The van der Waals surface area contributed by atoms with Gasteiger partial charge in [0, 0.05) is 11.8 Å². The molecule has 0 N–H and O–H groups in total. The molecule has 0 aliphatic rings. The molecule has 1 aromatic carbocycles. The van der Waals surface area contributed by atoms with E-state index in [0.29, 0.717) is 5.92 Å². The Morgan fingerprint density at radius 3 is 2.47 bits per heavy atom. The molecule has 1 aromatic heterocycles. The Morgan fingerprint density at radius 1 is 1.18 bits per heavy atom. The second-order valence-electron chi connectivity index (χ2n) is 4.14. The lowest BCUT2D eigenvalue weighted by molar-refractivity contribution is 0.734. The molecule has 0 aliphatic heterocycles. The van der Waals surface area contributed by atoms with Crippen molar-refractivity contribution in [3.05, 3.63) is 47.4 Å².